The summed E-state index contributed by atoms with van der Waals surface area (Å²) < 4.78 is 26.2. The van der Waals surface area contributed by atoms with E-state index in [1.54, 1.807) is 6.92 Å². The lowest BCUT2D eigenvalue weighted by Crippen LogP contribution is -2.51. The van der Waals surface area contributed by atoms with Crippen molar-refractivity contribution in [2.45, 2.75) is 13.3 Å². The van der Waals surface area contributed by atoms with E-state index < -0.39 is 16.2 Å². The molecule has 0 amide bonds. The third-order valence-electron chi connectivity index (χ3n) is 2.17. The van der Waals surface area contributed by atoms with Gasteiger partial charge in [0, 0.05) is 19.6 Å². The lowest BCUT2D eigenvalue weighted by atomic mass is 10.1. The molecule has 0 aromatic heterocycles. The van der Waals surface area contributed by atoms with Gasteiger partial charge in [0.1, 0.15) is 0 Å². The van der Waals surface area contributed by atoms with Gasteiger partial charge in [-0.05, 0) is 5.92 Å². The standard InChI is InChI=1S/C7H14N2O4S/c1-2-9-5-6(3-7(10)11)4-8-14(9,12)13/h6,8H,2-5H2,1H3,(H,10,11). The summed E-state index contributed by atoms with van der Waals surface area (Å²) in [6.07, 6.45) is -0.000972. The van der Waals surface area contributed by atoms with E-state index in [1.807, 2.05) is 0 Å². The fraction of sp³-hybridized carbons (Fsp3) is 0.857. The van der Waals surface area contributed by atoms with Gasteiger partial charge in [-0.15, -0.1) is 0 Å². The smallest absolute Gasteiger partial charge is 0.303 e. The van der Waals surface area contributed by atoms with Crippen molar-refractivity contribution < 1.29 is 18.3 Å². The third-order valence-corrected chi connectivity index (χ3v) is 3.79. The third kappa shape index (κ3) is 2.66. The Balaban J connectivity index is 2.62. The Morgan fingerprint density at radius 2 is 2.29 bits per heavy atom. The minimum absolute atomic E-state index is 0.000972. The molecule has 82 valence electrons. The Hall–Kier alpha value is -0.660. The van der Waals surface area contributed by atoms with Crippen LogP contribution >= 0.6 is 0 Å². The zero-order chi connectivity index (χ0) is 10.8. The molecule has 1 aliphatic rings. The first-order valence-corrected chi connectivity index (χ1v) is 5.86. The van der Waals surface area contributed by atoms with E-state index in [-0.39, 0.29) is 25.4 Å². The Bertz CT molecular complexity index is 314. The van der Waals surface area contributed by atoms with Crippen molar-refractivity contribution in [3.8, 4) is 0 Å². The van der Waals surface area contributed by atoms with Gasteiger partial charge in [-0.1, -0.05) is 6.92 Å². The highest BCUT2D eigenvalue weighted by atomic mass is 32.2. The van der Waals surface area contributed by atoms with Crippen LogP contribution in [0, 0.1) is 5.92 Å². The van der Waals surface area contributed by atoms with Gasteiger partial charge in [0.15, 0.2) is 0 Å². The maximum atomic E-state index is 11.3. The van der Waals surface area contributed by atoms with E-state index in [0.29, 0.717) is 6.54 Å². The van der Waals surface area contributed by atoms with Crippen molar-refractivity contribution in [3.63, 3.8) is 0 Å². The fourth-order valence-corrected chi connectivity index (χ4v) is 2.82. The van der Waals surface area contributed by atoms with Crippen molar-refractivity contribution in [1.82, 2.24) is 9.03 Å². The van der Waals surface area contributed by atoms with Crippen molar-refractivity contribution >= 4 is 16.2 Å². The molecule has 1 atom stereocenters. The summed E-state index contributed by atoms with van der Waals surface area (Å²) in [5, 5.41) is 8.56. The molecule has 1 unspecified atom stereocenters. The minimum Gasteiger partial charge on any atom is -0.481 e. The number of aliphatic carboxylic acids is 1. The van der Waals surface area contributed by atoms with Crippen LogP contribution in [0.4, 0.5) is 0 Å². The zero-order valence-corrected chi connectivity index (χ0v) is 8.75. The van der Waals surface area contributed by atoms with Gasteiger partial charge in [-0.3, -0.25) is 4.79 Å². The molecule has 14 heavy (non-hydrogen) atoms. The van der Waals surface area contributed by atoms with Crippen LogP contribution < -0.4 is 4.72 Å². The normalized spacial score (nSPS) is 27.4. The quantitative estimate of drug-likeness (QED) is 0.657. The van der Waals surface area contributed by atoms with Gasteiger partial charge in [0.25, 0.3) is 10.2 Å². The number of hydrogen-bond acceptors (Lipinski definition) is 3. The molecule has 1 fully saturated rings. The summed E-state index contributed by atoms with van der Waals surface area (Å²) in [4.78, 5) is 10.4. The molecule has 7 heteroatoms. The molecule has 0 aromatic rings. The molecule has 6 nitrogen and oxygen atoms in total. The lowest BCUT2D eigenvalue weighted by molar-refractivity contribution is -0.138. The Kier molecular flexibility index (Phi) is 3.46. The molecular formula is C7H14N2O4S. The lowest BCUT2D eigenvalue weighted by Gasteiger charge is -2.30. The molecule has 1 rings (SSSR count). The average Bonchev–Trinajstić information content (AvgIpc) is 2.07. The Morgan fingerprint density at radius 1 is 1.64 bits per heavy atom. The SMILES string of the molecule is CCN1CC(CC(=O)O)CNS1(=O)=O. The molecule has 0 aromatic carbocycles. The Labute approximate surface area is 83.1 Å². The number of hydrogen-bond donors (Lipinski definition) is 2. The van der Waals surface area contributed by atoms with Crippen LogP contribution in [0.5, 0.6) is 0 Å². The molecule has 0 aliphatic carbocycles. The van der Waals surface area contributed by atoms with Crippen LogP contribution in [0.3, 0.4) is 0 Å². The Morgan fingerprint density at radius 3 is 2.79 bits per heavy atom. The molecule has 1 heterocycles. The van der Waals surface area contributed by atoms with Gasteiger partial charge in [-0.25, -0.2) is 4.72 Å². The van der Waals surface area contributed by atoms with E-state index in [1.165, 1.54) is 4.31 Å². The van der Waals surface area contributed by atoms with Gasteiger partial charge < -0.3 is 5.11 Å². The maximum absolute atomic E-state index is 11.3. The largest absolute Gasteiger partial charge is 0.481 e. The molecule has 0 radical (unpaired) electrons. The van der Waals surface area contributed by atoms with Gasteiger partial charge in [0.2, 0.25) is 0 Å². The summed E-state index contributed by atoms with van der Waals surface area (Å²) >= 11 is 0. The molecule has 0 spiro atoms. The minimum atomic E-state index is -3.35. The number of nitrogens with zero attached hydrogens (tertiary/aromatic N) is 1. The van der Waals surface area contributed by atoms with E-state index in [9.17, 15) is 13.2 Å². The second-order valence-electron chi connectivity index (χ2n) is 3.27. The molecule has 1 aliphatic heterocycles. The number of nitrogens with one attached hydrogen (secondary N) is 1. The van der Waals surface area contributed by atoms with Gasteiger partial charge in [-0.2, -0.15) is 12.7 Å². The highest BCUT2D eigenvalue weighted by molar-refractivity contribution is 7.87. The van der Waals surface area contributed by atoms with E-state index in [0.717, 1.165) is 0 Å². The van der Waals surface area contributed by atoms with E-state index >= 15 is 0 Å². The van der Waals surface area contributed by atoms with Crippen LogP contribution in [-0.2, 0) is 15.0 Å². The molecule has 1 saturated heterocycles. The topological polar surface area (TPSA) is 86.7 Å². The summed E-state index contributed by atoms with van der Waals surface area (Å²) in [6.45, 7) is 2.59. The maximum Gasteiger partial charge on any atom is 0.303 e. The van der Waals surface area contributed by atoms with Crippen LogP contribution in [0.1, 0.15) is 13.3 Å². The van der Waals surface area contributed by atoms with Crippen LogP contribution in [0.25, 0.3) is 0 Å². The number of carboxylic acids is 1. The molecule has 0 saturated carbocycles. The van der Waals surface area contributed by atoms with Crippen LogP contribution in [0.15, 0.2) is 0 Å². The monoisotopic (exact) mass is 222 g/mol. The predicted octanol–water partition coefficient (Wildman–Crippen LogP) is -0.753. The zero-order valence-electron chi connectivity index (χ0n) is 7.93. The van der Waals surface area contributed by atoms with Crippen LogP contribution in [0.2, 0.25) is 0 Å². The van der Waals surface area contributed by atoms with Crippen molar-refractivity contribution in [1.29, 1.82) is 0 Å². The number of carbonyl (C=O) groups is 1. The average molecular weight is 222 g/mol. The van der Waals surface area contributed by atoms with Crippen molar-refractivity contribution in [2.75, 3.05) is 19.6 Å². The number of carboxylic acid groups (broad SMARTS) is 1. The fourth-order valence-electron chi connectivity index (χ4n) is 1.45. The summed E-state index contributed by atoms with van der Waals surface area (Å²) in [7, 11) is -3.35. The summed E-state index contributed by atoms with van der Waals surface area (Å²) in [5.74, 6) is -1.04. The number of rotatable bonds is 3. The second-order valence-corrected chi connectivity index (χ2v) is 5.02. The molecular weight excluding hydrogens is 208 g/mol. The highest BCUT2D eigenvalue weighted by Gasteiger charge is 2.30. The first-order valence-electron chi connectivity index (χ1n) is 4.42. The van der Waals surface area contributed by atoms with E-state index in [2.05, 4.69) is 4.72 Å². The first-order chi connectivity index (χ1) is 6.45. The summed E-state index contributed by atoms with van der Waals surface area (Å²) in [6, 6.07) is 0. The predicted molar refractivity (Wildman–Crippen MR) is 49.9 cm³/mol. The summed E-state index contributed by atoms with van der Waals surface area (Å²) in [5.41, 5.74) is 0. The van der Waals surface area contributed by atoms with Gasteiger partial charge >= 0.3 is 5.97 Å². The van der Waals surface area contributed by atoms with E-state index in [4.69, 9.17) is 5.11 Å². The second kappa shape index (κ2) is 4.24. The van der Waals surface area contributed by atoms with Crippen molar-refractivity contribution in [2.24, 2.45) is 5.92 Å². The molecule has 2 N–H and O–H groups in total. The van der Waals surface area contributed by atoms with Gasteiger partial charge in [0.05, 0.1) is 6.42 Å². The first kappa shape index (κ1) is 11.4. The molecule has 0 bridgehead atoms. The van der Waals surface area contributed by atoms with Crippen LogP contribution in [-0.4, -0.2) is 43.4 Å². The highest BCUT2D eigenvalue weighted by Crippen LogP contribution is 2.13. The van der Waals surface area contributed by atoms with Crippen molar-refractivity contribution in [3.05, 3.63) is 0 Å².